The Bertz CT molecular complexity index is 684. The molecule has 0 radical (unpaired) electrons. The van der Waals surface area contributed by atoms with Crippen LogP contribution in [0.25, 0.3) is 17.2 Å². The van der Waals surface area contributed by atoms with Crippen LogP contribution in [-0.2, 0) is 0 Å². The van der Waals surface area contributed by atoms with Gasteiger partial charge < -0.3 is 9.47 Å². The number of hydrogen-bond donors (Lipinski definition) is 0. The molecule has 0 amide bonds. The molecule has 1 saturated carbocycles. The minimum Gasteiger partial charge on any atom is -0.493 e. The van der Waals surface area contributed by atoms with Crippen molar-refractivity contribution in [2.24, 2.45) is 0 Å². The third-order valence-corrected chi connectivity index (χ3v) is 4.51. The van der Waals surface area contributed by atoms with Gasteiger partial charge in [-0.25, -0.2) is 0 Å². The van der Waals surface area contributed by atoms with E-state index in [1.807, 2.05) is 6.08 Å². The monoisotopic (exact) mass is 294 g/mol. The molecule has 2 aromatic rings. The normalized spacial score (nSPS) is 14.3. The van der Waals surface area contributed by atoms with Gasteiger partial charge in [0.1, 0.15) is 0 Å². The van der Waals surface area contributed by atoms with Gasteiger partial charge in [-0.05, 0) is 53.6 Å². The Morgan fingerprint density at radius 1 is 1.05 bits per heavy atom. The fourth-order valence-corrected chi connectivity index (χ4v) is 3.03. The summed E-state index contributed by atoms with van der Waals surface area (Å²) in [4.78, 5) is 0. The van der Waals surface area contributed by atoms with Crippen molar-refractivity contribution in [1.29, 1.82) is 0 Å². The van der Waals surface area contributed by atoms with E-state index < -0.39 is 0 Å². The van der Waals surface area contributed by atoms with Gasteiger partial charge in [-0.2, -0.15) is 0 Å². The number of rotatable bonds is 5. The lowest BCUT2D eigenvalue weighted by molar-refractivity contribution is 0.337. The molecule has 114 valence electrons. The second kappa shape index (κ2) is 6.27. The summed E-state index contributed by atoms with van der Waals surface area (Å²) in [5.74, 6) is 2.29. The summed E-state index contributed by atoms with van der Waals surface area (Å²) in [5, 5.41) is 0. The van der Waals surface area contributed by atoms with Crippen LogP contribution in [0.15, 0.2) is 43.0 Å². The van der Waals surface area contributed by atoms with E-state index in [0.29, 0.717) is 5.92 Å². The van der Waals surface area contributed by atoms with Crippen molar-refractivity contribution < 1.29 is 9.47 Å². The second-order valence-corrected chi connectivity index (χ2v) is 5.76. The van der Waals surface area contributed by atoms with Crippen LogP contribution in [0.3, 0.4) is 0 Å². The van der Waals surface area contributed by atoms with Gasteiger partial charge in [0.2, 0.25) is 0 Å². The topological polar surface area (TPSA) is 18.5 Å². The summed E-state index contributed by atoms with van der Waals surface area (Å²) in [5.41, 5.74) is 4.74. The first kappa shape index (κ1) is 14.7. The number of methoxy groups -OCH3 is 2. The third kappa shape index (κ3) is 2.61. The molecule has 2 aromatic carbocycles. The maximum absolute atomic E-state index is 5.62. The smallest absolute Gasteiger partial charge is 0.164 e. The summed E-state index contributed by atoms with van der Waals surface area (Å²) >= 11 is 0. The first-order valence-corrected chi connectivity index (χ1v) is 7.75. The van der Waals surface area contributed by atoms with Gasteiger partial charge in [0.25, 0.3) is 0 Å². The van der Waals surface area contributed by atoms with Gasteiger partial charge in [-0.3, -0.25) is 0 Å². The molecule has 0 aromatic heterocycles. The Hall–Kier alpha value is -2.22. The van der Waals surface area contributed by atoms with Gasteiger partial charge in [-0.1, -0.05) is 37.3 Å². The second-order valence-electron chi connectivity index (χ2n) is 5.76. The van der Waals surface area contributed by atoms with Crippen LogP contribution in [0, 0.1) is 0 Å². The van der Waals surface area contributed by atoms with E-state index >= 15 is 0 Å². The molecule has 3 rings (SSSR count). The van der Waals surface area contributed by atoms with Gasteiger partial charge in [0.05, 0.1) is 14.2 Å². The van der Waals surface area contributed by atoms with E-state index in [-0.39, 0.29) is 0 Å². The molecule has 0 bridgehead atoms. The predicted molar refractivity (Wildman–Crippen MR) is 91.7 cm³/mol. The van der Waals surface area contributed by atoms with Crippen molar-refractivity contribution in [2.45, 2.75) is 25.2 Å². The average Bonchev–Trinajstić information content (AvgIpc) is 2.52. The third-order valence-electron chi connectivity index (χ3n) is 4.51. The SMILES string of the molecule is C=Cc1cccc(-c2cc(OC)c(OC)c(C3CCC3)c2)c1. The average molecular weight is 294 g/mol. The van der Waals surface area contributed by atoms with Crippen LogP contribution >= 0.6 is 0 Å². The van der Waals surface area contributed by atoms with Crippen LogP contribution in [0.1, 0.15) is 36.3 Å². The molecule has 0 aliphatic heterocycles. The highest BCUT2D eigenvalue weighted by Gasteiger charge is 2.25. The van der Waals surface area contributed by atoms with Crippen LogP contribution < -0.4 is 9.47 Å². The van der Waals surface area contributed by atoms with Crippen molar-refractivity contribution in [1.82, 2.24) is 0 Å². The van der Waals surface area contributed by atoms with Crippen molar-refractivity contribution in [3.63, 3.8) is 0 Å². The molecule has 2 nitrogen and oxygen atoms in total. The Labute approximate surface area is 132 Å². The lowest BCUT2D eigenvalue weighted by Gasteiger charge is -2.28. The van der Waals surface area contributed by atoms with Crippen LogP contribution in [0.5, 0.6) is 11.5 Å². The lowest BCUT2D eigenvalue weighted by atomic mass is 9.78. The van der Waals surface area contributed by atoms with E-state index in [1.54, 1.807) is 14.2 Å². The highest BCUT2D eigenvalue weighted by molar-refractivity contribution is 5.72. The Morgan fingerprint density at radius 3 is 2.45 bits per heavy atom. The fraction of sp³-hybridized carbons (Fsp3) is 0.300. The molecule has 1 fully saturated rings. The molecular formula is C20H22O2. The standard InChI is InChI=1S/C20H22O2/c1-4-14-7-5-10-16(11-14)17-12-18(15-8-6-9-15)20(22-3)19(13-17)21-2/h4-5,7,10-13,15H,1,6,8-9H2,2-3H3. The van der Waals surface area contributed by atoms with E-state index in [9.17, 15) is 0 Å². The summed E-state index contributed by atoms with van der Waals surface area (Å²) in [6.45, 7) is 3.85. The molecule has 0 N–H and O–H groups in total. The lowest BCUT2D eigenvalue weighted by Crippen LogP contribution is -2.11. The van der Waals surface area contributed by atoms with Gasteiger partial charge >= 0.3 is 0 Å². The Kier molecular flexibility index (Phi) is 4.19. The maximum Gasteiger partial charge on any atom is 0.164 e. The largest absolute Gasteiger partial charge is 0.493 e. The molecule has 0 atom stereocenters. The summed E-state index contributed by atoms with van der Waals surface area (Å²) in [6, 6.07) is 12.7. The summed E-state index contributed by atoms with van der Waals surface area (Å²) in [6.07, 6.45) is 5.63. The van der Waals surface area contributed by atoms with Crippen LogP contribution in [-0.4, -0.2) is 14.2 Å². The summed E-state index contributed by atoms with van der Waals surface area (Å²) in [7, 11) is 3.42. The number of hydrogen-bond acceptors (Lipinski definition) is 2. The van der Waals surface area contributed by atoms with E-state index in [2.05, 4.69) is 43.0 Å². The molecule has 0 heterocycles. The molecule has 0 spiro atoms. The summed E-state index contributed by atoms with van der Waals surface area (Å²) < 4.78 is 11.2. The number of ether oxygens (including phenoxy) is 2. The molecule has 1 aliphatic rings. The maximum atomic E-state index is 5.62. The van der Waals surface area contributed by atoms with E-state index in [0.717, 1.165) is 17.1 Å². The molecule has 2 heteroatoms. The number of benzene rings is 2. The van der Waals surface area contributed by atoms with Crippen LogP contribution in [0.4, 0.5) is 0 Å². The minimum atomic E-state index is 0.589. The van der Waals surface area contributed by atoms with Crippen molar-refractivity contribution in [3.8, 4) is 22.6 Å². The van der Waals surface area contributed by atoms with Crippen LogP contribution in [0.2, 0.25) is 0 Å². The van der Waals surface area contributed by atoms with Crippen molar-refractivity contribution >= 4 is 6.08 Å². The predicted octanol–water partition coefficient (Wildman–Crippen LogP) is 5.28. The Balaban J connectivity index is 2.12. The molecule has 22 heavy (non-hydrogen) atoms. The first-order valence-electron chi connectivity index (χ1n) is 7.75. The molecule has 1 aliphatic carbocycles. The van der Waals surface area contributed by atoms with Gasteiger partial charge in [0, 0.05) is 5.56 Å². The van der Waals surface area contributed by atoms with Gasteiger partial charge in [-0.15, -0.1) is 0 Å². The van der Waals surface area contributed by atoms with E-state index in [4.69, 9.17) is 9.47 Å². The van der Waals surface area contributed by atoms with Crippen molar-refractivity contribution in [2.75, 3.05) is 14.2 Å². The molecule has 0 unspecified atom stereocenters. The zero-order chi connectivity index (χ0) is 15.5. The zero-order valence-corrected chi connectivity index (χ0v) is 13.3. The molecular weight excluding hydrogens is 272 g/mol. The minimum absolute atomic E-state index is 0.589. The highest BCUT2D eigenvalue weighted by Crippen LogP contribution is 2.46. The van der Waals surface area contributed by atoms with Crippen molar-refractivity contribution in [3.05, 3.63) is 54.1 Å². The fourth-order valence-electron chi connectivity index (χ4n) is 3.03. The van der Waals surface area contributed by atoms with Gasteiger partial charge in [0.15, 0.2) is 11.5 Å². The quantitative estimate of drug-likeness (QED) is 0.746. The Morgan fingerprint density at radius 2 is 1.86 bits per heavy atom. The highest BCUT2D eigenvalue weighted by atomic mass is 16.5. The first-order chi connectivity index (χ1) is 10.8. The van der Waals surface area contributed by atoms with E-state index in [1.165, 1.54) is 36.0 Å². The zero-order valence-electron chi connectivity index (χ0n) is 13.3. The molecule has 0 saturated heterocycles.